The van der Waals surface area contributed by atoms with Crippen LogP contribution < -0.4 is 0 Å². The third kappa shape index (κ3) is 41.2. The Hall–Kier alpha value is -3.37. The molecule has 0 aliphatic rings. The summed E-state index contributed by atoms with van der Waals surface area (Å²) in [6.45, 7) is 1.86. The first kappa shape index (κ1) is 55.6. The number of esters is 2. The number of hydrogen-bond acceptors (Lipinski definition) is 9. The smallest absolute Gasteiger partial charge is 0.457 e. The van der Waals surface area contributed by atoms with Gasteiger partial charge in [-0.15, -0.1) is 0 Å². The molecule has 0 saturated heterocycles. The number of hydrogen-bond donors (Lipinski definition) is 3. The van der Waals surface area contributed by atoms with Gasteiger partial charge >= 0.3 is 19.8 Å². The largest absolute Gasteiger partial charge is 0.472 e. The van der Waals surface area contributed by atoms with Crippen molar-refractivity contribution in [3.05, 3.63) is 109 Å². The number of phosphoric acid groups is 1. The number of unbranched alkanes of at least 4 members (excludes halogenated alkanes) is 7. The van der Waals surface area contributed by atoms with Gasteiger partial charge in [0.15, 0.2) is 0 Å². The quantitative estimate of drug-likeness (QED) is 0.0236. The Labute approximate surface area is 356 Å². The van der Waals surface area contributed by atoms with Crippen molar-refractivity contribution in [3.63, 3.8) is 0 Å². The van der Waals surface area contributed by atoms with Crippen LogP contribution in [0.3, 0.4) is 0 Å². The van der Waals surface area contributed by atoms with E-state index in [4.69, 9.17) is 18.5 Å². The van der Waals surface area contributed by atoms with Crippen molar-refractivity contribution in [2.45, 2.75) is 154 Å². The molecule has 0 aliphatic carbocycles. The highest BCUT2D eigenvalue weighted by atomic mass is 31.2. The summed E-state index contributed by atoms with van der Waals surface area (Å²) in [7, 11) is -4.67. The van der Waals surface area contributed by atoms with Crippen LogP contribution >= 0.6 is 7.82 Å². The van der Waals surface area contributed by atoms with Crippen LogP contribution in [-0.2, 0) is 32.7 Å². The second-order valence-corrected chi connectivity index (χ2v) is 15.4. The van der Waals surface area contributed by atoms with Crippen LogP contribution in [-0.4, -0.2) is 65.7 Å². The topological polar surface area (TPSA) is 149 Å². The van der Waals surface area contributed by atoms with Crippen molar-refractivity contribution >= 4 is 19.8 Å². The molecule has 3 unspecified atom stereocenters. The van der Waals surface area contributed by atoms with Gasteiger partial charge in [0.1, 0.15) is 12.2 Å². The second-order valence-electron chi connectivity index (χ2n) is 13.9. The van der Waals surface area contributed by atoms with E-state index in [0.717, 1.165) is 89.9 Å². The molecule has 0 heterocycles. The van der Waals surface area contributed by atoms with E-state index in [1.165, 1.54) is 12.8 Å². The highest BCUT2D eigenvalue weighted by molar-refractivity contribution is 7.47. The fourth-order valence-electron chi connectivity index (χ4n) is 5.21. The van der Waals surface area contributed by atoms with Crippen molar-refractivity contribution in [2.24, 2.45) is 0 Å². The van der Waals surface area contributed by atoms with E-state index in [1.54, 1.807) is 0 Å². The molecule has 3 N–H and O–H groups in total. The Morgan fingerprint density at radius 1 is 0.458 bits per heavy atom. The minimum atomic E-state index is -4.67. The van der Waals surface area contributed by atoms with Gasteiger partial charge in [-0.1, -0.05) is 155 Å². The Morgan fingerprint density at radius 2 is 0.780 bits per heavy atom. The summed E-state index contributed by atoms with van der Waals surface area (Å²) in [6, 6.07) is 0. The van der Waals surface area contributed by atoms with Gasteiger partial charge in [0.2, 0.25) is 0 Å². The highest BCUT2D eigenvalue weighted by Gasteiger charge is 2.27. The molecule has 0 aliphatic heterocycles. The molecule has 10 nitrogen and oxygen atoms in total. The summed E-state index contributed by atoms with van der Waals surface area (Å²) in [6.07, 6.45) is 53.6. The fraction of sp³-hybridized carbons (Fsp3) is 0.583. The molecule has 0 fully saturated rings. The Bertz CT molecular complexity index is 1340. The molecule has 11 heteroatoms. The number of allylic oxidation sites excluding steroid dienone is 18. The van der Waals surface area contributed by atoms with E-state index in [9.17, 15) is 29.3 Å². The maximum absolute atomic E-state index is 12.4. The van der Waals surface area contributed by atoms with Crippen LogP contribution in [0.25, 0.3) is 0 Å². The van der Waals surface area contributed by atoms with Gasteiger partial charge in [0.25, 0.3) is 0 Å². The first-order chi connectivity index (χ1) is 28.8. The molecule has 0 spiro atoms. The molecule has 0 radical (unpaired) electrons. The summed E-state index contributed by atoms with van der Waals surface area (Å²) < 4.78 is 32.5. The number of aliphatic hydroxyl groups is 2. The van der Waals surface area contributed by atoms with Crippen LogP contribution in [0.5, 0.6) is 0 Å². The maximum Gasteiger partial charge on any atom is 0.472 e. The van der Waals surface area contributed by atoms with E-state index in [1.807, 2.05) is 18.2 Å². The van der Waals surface area contributed by atoms with Gasteiger partial charge in [0, 0.05) is 12.8 Å². The molecular weight excluding hydrogens is 767 g/mol. The molecule has 0 aromatic carbocycles. The Morgan fingerprint density at radius 3 is 1.17 bits per heavy atom. The summed E-state index contributed by atoms with van der Waals surface area (Å²) in [5.74, 6) is -1.13. The summed E-state index contributed by atoms with van der Waals surface area (Å²) in [5, 5.41) is 19.2. The lowest BCUT2D eigenvalue weighted by atomic mass is 10.1. The molecule has 3 atom stereocenters. The standard InChI is InChI=1S/C48H77O10P/c1-3-5-7-9-11-13-15-17-19-21-22-24-26-28-30-32-34-36-38-40-48(52)58-46(42-50)44-56-59(53,54)55-43-45(41-49)57-47(51)39-37-35-33-31-29-27-25-23-20-18-16-14-12-10-8-6-4-2/h5-8,11-14,17-20,22,24,28,30,34,36,45-46,49-50H,3-4,9-10,15-16,21,23,25-27,29,31-33,35,37-44H2,1-2H3,(H,53,54)/b7-5-,8-6-,13-11-,14-12-,19-17-,20-18-,24-22-,30-28-,36-34-. The summed E-state index contributed by atoms with van der Waals surface area (Å²) in [4.78, 5) is 34.5. The third-order valence-electron chi connectivity index (χ3n) is 8.49. The Kier molecular flexibility index (Phi) is 40.3. The lowest BCUT2D eigenvalue weighted by Crippen LogP contribution is -2.28. The first-order valence-electron chi connectivity index (χ1n) is 21.8. The molecular formula is C48H77O10P. The van der Waals surface area contributed by atoms with Gasteiger partial charge in [-0.3, -0.25) is 18.6 Å². The van der Waals surface area contributed by atoms with Crippen molar-refractivity contribution in [1.29, 1.82) is 0 Å². The summed E-state index contributed by atoms with van der Waals surface area (Å²) in [5.41, 5.74) is 0. The minimum absolute atomic E-state index is 0.0597. The van der Waals surface area contributed by atoms with Crippen LogP contribution in [0.15, 0.2) is 109 Å². The first-order valence-corrected chi connectivity index (χ1v) is 23.3. The lowest BCUT2D eigenvalue weighted by Gasteiger charge is -2.20. The van der Waals surface area contributed by atoms with Gasteiger partial charge in [-0.25, -0.2) is 4.57 Å². The molecule has 0 aromatic heterocycles. The number of carbonyl (C=O) groups excluding carboxylic acids is 2. The normalized spacial score (nSPS) is 14.9. The van der Waals surface area contributed by atoms with E-state index < -0.39 is 58.4 Å². The number of ether oxygens (including phenoxy) is 2. The predicted octanol–water partition coefficient (Wildman–Crippen LogP) is 11.8. The average molecular weight is 845 g/mol. The molecule has 0 aromatic rings. The summed E-state index contributed by atoms with van der Waals surface area (Å²) >= 11 is 0. The minimum Gasteiger partial charge on any atom is -0.457 e. The van der Waals surface area contributed by atoms with Crippen LogP contribution in [0.2, 0.25) is 0 Å². The molecule has 0 bridgehead atoms. The van der Waals surface area contributed by atoms with E-state index in [0.29, 0.717) is 12.8 Å². The molecule has 0 saturated carbocycles. The van der Waals surface area contributed by atoms with Crippen LogP contribution in [0.1, 0.15) is 142 Å². The van der Waals surface area contributed by atoms with E-state index in [2.05, 4.69) is 105 Å². The average Bonchev–Trinajstić information content (AvgIpc) is 3.22. The fourth-order valence-corrected chi connectivity index (χ4v) is 6.00. The zero-order chi connectivity index (χ0) is 43.3. The Balaban J connectivity index is 4.06. The van der Waals surface area contributed by atoms with Gasteiger partial charge in [-0.2, -0.15) is 0 Å². The van der Waals surface area contributed by atoms with Crippen molar-refractivity contribution < 1.29 is 47.8 Å². The van der Waals surface area contributed by atoms with Crippen molar-refractivity contribution in [1.82, 2.24) is 0 Å². The number of aliphatic hydroxyl groups excluding tert-OH is 2. The van der Waals surface area contributed by atoms with Gasteiger partial charge < -0.3 is 24.6 Å². The molecule has 0 amide bonds. The zero-order valence-electron chi connectivity index (χ0n) is 36.2. The zero-order valence-corrected chi connectivity index (χ0v) is 37.1. The van der Waals surface area contributed by atoms with Crippen molar-refractivity contribution in [2.75, 3.05) is 26.4 Å². The molecule has 0 rings (SSSR count). The number of phosphoric ester groups is 1. The molecule has 334 valence electrons. The third-order valence-corrected chi connectivity index (χ3v) is 9.44. The SMILES string of the molecule is CC/C=C\C/C=C\C/C=C\C/C=C\C/C=C\C/C=C\CCC(=O)OC(CO)COP(=O)(O)OCC(CO)OC(=O)CCCCCCCCC/C=C\C/C=C\C/C=C\CC. The van der Waals surface area contributed by atoms with Gasteiger partial charge in [-0.05, 0) is 83.5 Å². The van der Waals surface area contributed by atoms with Gasteiger partial charge in [0.05, 0.1) is 26.4 Å². The number of carbonyl (C=O) groups is 2. The highest BCUT2D eigenvalue weighted by Crippen LogP contribution is 2.43. The lowest BCUT2D eigenvalue weighted by molar-refractivity contribution is -0.153. The van der Waals surface area contributed by atoms with Crippen LogP contribution in [0, 0.1) is 0 Å². The van der Waals surface area contributed by atoms with E-state index >= 15 is 0 Å². The van der Waals surface area contributed by atoms with Crippen molar-refractivity contribution in [3.8, 4) is 0 Å². The van der Waals surface area contributed by atoms with Crippen LogP contribution in [0.4, 0.5) is 0 Å². The van der Waals surface area contributed by atoms with E-state index in [-0.39, 0.29) is 12.8 Å². The number of rotatable bonds is 39. The predicted molar refractivity (Wildman–Crippen MR) is 242 cm³/mol. The second kappa shape index (κ2) is 42.7. The molecule has 59 heavy (non-hydrogen) atoms. The monoisotopic (exact) mass is 845 g/mol. The maximum atomic E-state index is 12.4.